The summed E-state index contributed by atoms with van der Waals surface area (Å²) in [6.45, 7) is 4.52. The second kappa shape index (κ2) is 17.6. The number of carbonyl (C=O) groups is 3. The number of carbonyl (C=O) groups excluding carboxylic acids is 2. The zero-order valence-corrected chi connectivity index (χ0v) is 31.0. The fourth-order valence-corrected chi connectivity index (χ4v) is 7.45. The fourth-order valence-electron chi connectivity index (χ4n) is 7.45. The minimum atomic E-state index is -0.993. The highest BCUT2D eigenvalue weighted by Crippen LogP contribution is 2.36. The number of H-pyrrole nitrogens is 1. The van der Waals surface area contributed by atoms with Crippen LogP contribution in [0.4, 0.5) is 0 Å². The SMILES string of the molecule is Cc1ccccc1CN(CCCNCC(O)c1ccc(O)c2[nH]c(=O)ccc12)C(=O)Cc1ccc(CC(=O)N2CCC(C(=O)O)(c3ccccc3)CC2)cc1. The number of rotatable bonds is 15. The molecule has 1 unspecified atom stereocenters. The number of aromatic amines is 1. The third-order valence-corrected chi connectivity index (χ3v) is 10.8. The Bertz CT molecular complexity index is 2180. The molecule has 1 fully saturated rings. The molecule has 0 spiro atoms. The molecular weight excluding hydrogens is 697 g/mol. The van der Waals surface area contributed by atoms with Gasteiger partial charge in [0.15, 0.2) is 0 Å². The van der Waals surface area contributed by atoms with E-state index in [2.05, 4.69) is 10.3 Å². The van der Waals surface area contributed by atoms with Crippen LogP contribution in [0.3, 0.4) is 0 Å². The molecule has 0 saturated carbocycles. The molecule has 1 atom stereocenters. The number of carboxylic acids is 1. The minimum Gasteiger partial charge on any atom is -0.506 e. The van der Waals surface area contributed by atoms with E-state index in [9.17, 15) is 34.5 Å². The van der Waals surface area contributed by atoms with Crippen LogP contribution in [0.1, 0.15) is 58.7 Å². The number of hydrogen-bond acceptors (Lipinski definition) is 7. The highest BCUT2D eigenvalue weighted by Gasteiger charge is 2.43. The Morgan fingerprint density at radius 3 is 2.24 bits per heavy atom. The van der Waals surface area contributed by atoms with Crippen LogP contribution in [0.2, 0.25) is 0 Å². The highest BCUT2D eigenvalue weighted by molar-refractivity contribution is 5.87. The van der Waals surface area contributed by atoms with Gasteiger partial charge in [0, 0.05) is 44.2 Å². The first kappa shape index (κ1) is 38.9. The van der Waals surface area contributed by atoms with Gasteiger partial charge in [-0.15, -0.1) is 0 Å². The lowest BCUT2D eigenvalue weighted by Gasteiger charge is -2.39. The highest BCUT2D eigenvalue weighted by atomic mass is 16.4. The first-order valence-electron chi connectivity index (χ1n) is 18.7. The summed E-state index contributed by atoms with van der Waals surface area (Å²) in [4.78, 5) is 57.3. The summed E-state index contributed by atoms with van der Waals surface area (Å²) in [7, 11) is 0. The van der Waals surface area contributed by atoms with E-state index in [1.165, 1.54) is 12.1 Å². The molecule has 11 heteroatoms. The van der Waals surface area contributed by atoms with Crippen molar-refractivity contribution in [3.8, 4) is 5.75 Å². The number of hydrogen-bond donors (Lipinski definition) is 5. The number of aliphatic hydroxyl groups is 1. The van der Waals surface area contributed by atoms with Gasteiger partial charge in [-0.2, -0.15) is 0 Å². The first-order valence-corrected chi connectivity index (χ1v) is 18.7. The molecule has 55 heavy (non-hydrogen) atoms. The third kappa shape index (κ3) is 9.30. The van der Waals surface area contributed by atoms with E-state index in [0.29, 0.717) is 62.9 Å². The monoisotopic (exact) mass is 744 g/mol. The quantitative estimate of drug-likeness (QED) is 0.0935. The number of pyridine rings is 1. The molecule has 1 aromatic heterocycles. The van der Waals surface area contributed by atoms with Crippen molar-refractivity contribution >= 4 is 28.7 Å². The lowest BCUT2D eigenvalue weighted by molar-refractivity contribution is -0.148. The number of piperidine rings is 1. The first-order chi connectivity index (χ1) is 26.5. The van der Waals surface area contributed by atoms with Crippen LogP contribution < -0.4 is 10.9 Å². The van der Waals surface area contributed by atoms with E-state index in [-0.39, 0.29) is 48.0 Å². The third-order valence-electron chi connectivity index (χ3n) is 10.8. The van der Waals surface area contributed by atoms with Crippen LogP contribution >= 0.6 is 0 Å². The zero-order chi connectivity index (χ0) is 39.0. The molecule has 2 heterocycles. The normalized spacial score (nSPS) is 14.4. The van der Waals surface area contributed by atoms with Gasteiger partial charge in [0.25, 0.3) is 0 Å². The molecule has 0 aliphatic carbocycles. The number of carboxylic acid groups (broad SMARTS) is 1. The number of likely N-dealkylation sites (tertiary alicyclic amines) is 1. The number of aromatic nitrogens is 1. The largest absolute Gasteiger partial charge is 0.506 e. The molecule has 6 rings (SSSR count). The van der Waals surface area contributed by atoms with Gasteiger partial charge >= 0.3 is 5.97 Å². The summed E-state index contributed by atoms with van der Waals surface area (Å²) in [5.74, 6) is -0.994. The molecule has 0 radical (unpaired) electrons. The van der Waals surface area contributed by atoms with Crippen LogP contribution in [0.5, 0.6) is 5.75 Å². The Balaban J connectivity index is 1.02. The molecule has 286 valence electrons. The van der Waals surface area contributed by atoms with Gasteiger partial charge < -0.3 is 35.4 Å². The van der Waals surface area contributed by atoms with E-state index in [1.54, 1.807) is 17.0 Å². The van der Waals surface area contributed by atoms with Gasteiger partial charge in [-0.1, -0.05) is 84.9 Å². The van der Waals surface area contributed by atoms with Crippen molar-refractivity contribution in [1.82, 2.24) is 20.1 Å². The van der Waals surface area contributed by atoms with E-state index in [0.717, 1.165) is 27.8 Å². The molecule has 1 aliphatic rings. The summed E-state index contributed by atoms with van der Waals surface area (Å²) < 4.78 is 0. The van der Waals surface area contributed by atoms with Crippen molar-refractivity contribution < 1.29 is 29.7 Å². The van der Waals surface area contributed by atoms with E-state index in [1.807, 2.05) is 90.7 Å². The molecule has 2 amide bonds. The molecule has 5 aromatic rings. The van der Waals surface area contributed by atoms with Gasteiger partial charge in [0.1, 0.15) is 5.75 Å². The van der Waals surface area contributed by atoms with Gasteiger partial charge in [-0.05, 0) is 78.2 Å². The van der Waals surface area contributed by atoms with Crippen molar-refractivity contribution in [2.24, 2.45) is 0 Å². The number of nitrogens with one attached hydrogen (secondary N) is 2. The number of fused-ring (bicyclic) bond motifs is 1. The van der Waals surface area contributed by atoms with Crippen molar-refractivity contribution in [3.63, 3.8) is 0 Å². The van der Waals surface area contributed by atoms with Crippen molar-refractivity contribution in [1.29, 1.82) is 0 Å². The number of aliphatic hydroxyl groups excluding tert-OH is 1. The number of phenols is 1. The summed E-state index contributed by atoms with van der Waals surface area (Å²) in [6.07, 6.45) is 0.876. The van der Waals surface area contributed by atoms with Crippen LogP contribution in [0.15, 0.2) is 108 Å². The molecule has 1 aliphatic heterocycles. The minimum absolute atomic E-state index is 0.0229. The molecule has 0 bridgehead atoms. The van der Waals surface area contributed by atoms with Gasteiger partial charge in [0.2, 0.25) is 17.4 Å². The summed E-state index contributed by atoms with van der Waals surface area (Å²) >= 11 is 0. The van der Waals surface area contributed by atoms with Gasteiger partial charge in [0.05, 0.1) is 29.9 Å². The molecular formula is C44H48N4O7. The average molecular weight is 745 g/mol. The molecule has 1 saturated heterocycles. The summed E-state index contributed by atoms with van der Waals surface area (Å²) in [5.41, 5.74) is 4.13. The Kier molecular flexibility index (Phi) is 12.4. The number of aromatic hydroxyl groups is 1. The smallest absolute Gasteiger partial charge is 0.314 e. The second-order valence-corrected chi connectivity index (χ2v) is 14.4. The number of aryl methyl sites for hydroxylation is 1. The topological polar surface area (TPSA) is 163 Å². The molecule has 5 N–H and O–H groups in total. The Hall–Kier alpha value is -5.78. The predicted octanol–water partition coefficient (Wildman–Crippen LogP) is 5.01. The molecule has 11 nitrogen and oxygen atoms in total. The predicted molar refractivity (Wildman–Crippen MR) is 211 cm³/mol. The lowest BCUT2D eigenvalue weighted by Crippen LogP contribution is -2.49. The maximum Gasteiger partial charge on any atom is 0.314 e. The van der Waals surface area contributed by atoms with E-state index >= 15 is 0 Å². The second-order valence-electron chi connectivity index (χ2n) is 14.4. The number of phenolic OH excluding ortho intramolecular Hbond substituents is 1. The summed E-state index contributed by atoms with van der Waals surface area (Å²) in [6, 6.07) is 30.8. The number of benzene rings is 4. The maximum atomic E-state index is 13.8. The number of amides is 2. The number of nitrogens with zero attached hydrogens (tertiary/aromatic N) is 2. The van der Waals surface area contributed by atoms with Crippen LogP contribution in [-0.2, 0) is 39.2 Å². The lowest BCUT2D eigenvalue weighted by atomic mass is 9.73. The Labute approximate surface area is 320 Å². The van der Waals surface area contributed by atoms with Crippen LogP contribution in [-0.4, -0.2) is 80.6 Å². The standard InChI is InChI=1S/C44H48N4O7/c1-30-8-5-6-9-33(30)29-48(23-7-22-45-28-38(50)35-16-18-37(49)42-36(35)17-19-39(51)46-42)41(53)27-32-14-12-31(13-15-32)26-40(52)47-24-20-44(21-25-47,43(54)55)34-10-3-2-4-11-34/h2-6,8-19,38,45,49-50H,7,20-29H2,1H3,(H,46,51)(H,54,55). The zero-order valence-electron chi connectivity index (χ0n) is 31.0. The van der Waals surface area contributed by atoms with Gasteiger partial charge in [-0.3, -0.25) is 19.2 Å². The van der Waals surface area contributed by atoms with Crippen molar-refractivity contribution in [2.75, 3.05) is 32.7 Å². The van der Waals surface area contributed by atoms with E-state index in [4.69, 9.17) is 0 Å². The van der Waals surface area contributed by atoms with E-state index < -0.39 is 17.5 Å². The maximum absolute atomic E-state index is 13.8. The molecule has 4 aromatic carbocycles. The average Bonchev–Trinajstić information content (AvgIpc) is 3.19. The van der Waals surface area contributed by atoms with Crippen LogP contribution in [0.25, 0.3) is 10.9 Å². The Morgan fingerprint density at radius 2 is 1.55 bits per heavy atom. The fraction of sp³-hybridized carbons (Fsp3) is 0.318. The summed E-state index contributed by atoms with van der Waals surface area (Å²) in [5, 5.41) is 35.1. The van der Waals surface area contributed by atoms with Crippen LogP contribution in [0, 0.1) is 6.92 Å². The van der Waals surface area contributed by atoms with Crippen molar-refractivity contribution in [2.45, 2.75) is 57.1 Å². The van der Waals surface area contributed by atoms with Crippen molar-refractivity contribution in [3.05, 3.63) is 147 Å². The van der Waals surface area contributed by atoms with Gasteiger partial charge in [-0.25, -0.2) is 0 Å². The number of aliphatic carboxylic acids is 1. The Morgan fingerprint density at radius 1 is 0.873 bits per heavy atom.